The van der Waals surface area contributed by atoms with Gasteiger partial charge in [-0.3, -0.25) is 4.79 Å². The molecule has 110 valence electrons. The second kappa shape index (κ2) is 5.70. The number of aryl methyl sites for hydroxylation is 1. The van der Waals surface area contributed by atoms with Crippen LogP contribution < -0.4 is 4.74 Å². The van der Waals surface area contributed by atoms with E-state index in [2.05, 4.69) is 0 Å². The Kier molecular flexibility index (Phi) is 3.98. The maximum Gasteiger partial charge on any atom is 0.207 e. The Morgan fingerprint density at radius 1 is 1.14 bits per heavy atom. The molecule has 2 aromatic carbocycles. The fraction of sp³-hybridized carbons (Fsp3) is 0.133. The number of Topliss-reactive ketones (excluding diaryl/α,β-unsaturated/α-hetero) is 1. The number of phenols is 3. The number of rotatable bonds is 4. The number of ether oxygens (including phenoxy) is 1. The van der Waals surface area contributed by atoms with Gasteiger partial charge in [-0.2, -0.15) is 0 Å². The lowest BCUT2D eigenvalue weighted by molar-refractivity contribution is 0.0913. The molecule has 0 fully saturated rings. The summed E-state index contributed by atoms with van der Waals surface area (Å²) in [6.07, 6.45) is 0. The zero-order valence-corrected chi connectivity index (χ0v) is 11.1. The highest BCUT2D eigenvalue weighted by atomic mass is 19.1. The van der Waals surface area contributed by atoms with Crippen molar-refractivity contribution >= 4 is 5.78 Å². The van der Waals surface area contributed by atoms with Gasteiger partial charge in [0.15, 0.2) is 18.2 Å². The molecule has 21 heavy (non-hydrogen) atoms. The van der Waals surface area contributed by atoms with Crippen molar-refractivity contribution in [3.05, 3.63) is 47.3 Å². The van der Waals surface area contributed by atoms with E-state index >= 15 is 0 Å². The summed E-state index contributed by atoms with van der Waals surface area (Å²) in [6, 6.07) is 6.10. The molecule has 0 unspecified atom stereocenters. The van der Waals surface area contributed by atoms with Crippen LogP contribution in [0.2, 0.25) is 0 Å². The number of carbonyl (C=O) groups excluding carboxylic acids is 1. The fourth-order valence-electron chi connectivity index (χ4n) is 1.82. The number of benzene rings is 2. The molecule has 0 radical (unpaired) electrons. The second-order valence-corrected chi connectivity index (χ2v) is 4.50. The number of halogens is 1. The molecule has 3 N–H and O–H groups in total. The summed E-state index contributed by atoms with van der Waals surface area (Å²) in [7, 11) is 0. The SMILES string of the molecule is Cc1ccc(OCC(=O)c2c(O)cc(O)cc2O)c(F)c1. The van der Waals surface area contributed by atoms with E-state index in [0.29, 0.717) is 5.56 Å². The lowest BCUT2D eigenvalue weighted by atomic mass is 10.1. The van der Waals surface area contributed by atoms with Gasteiger partial charge in [-0.15, -0.1) is 0 Å². The maximum absolute atomic E-state index is 13.5. The van der Waals surface area contributed by atoms with Gasteiger partial charge in [-0.25, -0.2) is 4.39 Å². The van der Waals surface area contributed by atoms with E-state index in [0.717, 1.165) is 12.1 Å². The summed E-state index contributed by atoms with van der Waals surface area (Å²) in [6.45, 7) is 1.15. The van der Waals surface area contributed by atoms with Crippen molar-refractivity contribution in [2.45, 2.75) is 6.92 Å². The number of aromatic hydroxyl groups is 3. The van der Waals surface area contributed by atoms with Crippen LogP contribution in [0.4, 0.5) is 4.39 Å². The summed E-state index contributed by atoms with van der Waals surface area (Å²) in [5, 5.41) is 28.3. The monoisotopic (exact) mass is 292 g/mol. The molecular formula is C15H13FO5. The minimum absolute atomic E-state index is 0.105. The molecule has 5 nitrogen and oxygen atoms in total. The number of ketones is 1. The maximum atomic E-state index is 13.5. The predicted octanol–water partition coefficient (Wildman–Crippen LogP) is 2.51. The third-order valence-electron chi connectivity index (χ3n) is 2.81. The number of hydrogen-bond donors (Lipinski definition) is 3. The van der Waals surface area contributed by atoms with E-state index in [-0.39, 0.29) is 17.1 Å². The molecule has 0 bridgehead atoms. The second-order valence-electron chi connectivity index (χ2n) is 4.50. The van der Waals surface area contributed by atoms with E-state index < -0.39 is 29.7 Å². The van der Waals surface area contributed by atoms with E-state index in [1.54, 1.807) is 13.0 Å². The van der Waals surface area contributed by atoms with Crippen LogP contribution in [0.3, 0.4) is 0 Å². The van der Waals surface area contributed by atoms with Crippen molar-refractivity contribution in [1.82, 2.24) is 0 Å². The Morgan fingerprint density at radius 3 is 2.33 bits per heavy atom. The molecule has 2 aromatic rings. The first-order valence-corrected chi connectivity index (χ1v) is 6.05. The molecule has 0 aliphatic carbocycles. The van der Waals surface area contributed by atoms with Gasteiger partial charge in [-0.05, 0) is 24.6 Å². The summed E-state index contributed by atoms with van der Waals surface area (Å²) in [5.74, 6) is -3.00. The van der Waals surface area contributed by atoms with Crippen molar-refractivity contribution in [2.24, 2.45) is 0 Å². The van der Waals surface area contributed by atoms with Crippen molar-refractivity contribution < 1.29 is 29.2 Å². The van der Waals surface area contributed by atoms with E-state index in [1.807, 2.05) is 0 Å². The third-order valence-corrected chi connectivity index (χ3v) is 2.81. The zero-order valence-electron chi connectivity index (χ0n) is 11.1. The standard InChI is InChI=1S/C15H13FO5/c1-8-2-3-14(10(16)4-8)21-7-13(20)15-11(18)5-9(17)6-12(15)19/h2-6,17-19H,7H2,1H3. The molecule has 0 atom stereocenters. The molecule has 6 heteroatoms. The van der Waals surface area contributed by atoms with Gasteiger partial charge < -0.3 is 20.1 Å². The summed E-state index contributed by atoms with van der Waals surface area (Å²) < 4.78 is 18.6. The molecule has 0 heterocycles. The van der Waals surface area contributed by atoms with Crippen LogP contribution in [0.5, 0.6) is 23.0 Å². The normalized spacial score (nSPS) is 10.4. The minimum atomic E-state index is -0.745. The Bertz CT molecular complexity index is 673. The van der Waals surface area contributed by atoms with Gasteiger partial charge in [0.05, 0.1) is 0 Å². The lowest BCUT2D eigenvalue weighted by Crippen LogP contribution is -2.12. The van der Waals surface area contributed by atoms with Gasteiger partial charge in [0.25, 0.3) is 0 Å². The lowest BCUT2D eigenvalue weighted by Gasteiger charge is -2.09. The van der Waals surface area contributed by atoms with Crippen LogP contribution >= 0.6 is 0 Å². The predicted molar refractivity (Wildman–Crippen MR) is 72.4 cm³/mol. The van der Waals surface area contributed by atoms with Crippen LogP contribution in [0.1, 0.15) is 15.9 Å². The van der Waals surface area contributed by atoms with Crippen molar-refractivity contribution in [2.75, 3.05) is 6.61 Å². The first kappa shape index (κ1) is 14.6. The van der Waals surface area contributed by atoms with Gasteiger partial charge in [0.1, 0.15) is 22.8 Å². The molecule has 0 aliphatic rings. The van der Waals surface area contributed by atoms with Crippen LogP contribution in [-0.2, 0) is 0 Å². The highest BCUT2D eigenvalue weighted by Gasteiger charge is 2.19. The summed E-state index contributed by atoms with van der Waals surface area (Å²) in [5.41, 5.74) is 0.320. The van der Waals surface area contributed by atoms with E-state index in [1.165, 1.54) is 12.1 Å². The Balaban J connectivity index is 2.16. The molecule has 0 amide bonds. The fourth-order valence-corrected chi connectivity index (χ4v) is 1.82. The van der Waals surface area contributed by atoms with Gasteiger partial charge in [-0.1, -0.05) is 6.07 Å². The first-order valence-electron chi connectivity index (χ1n) is 6.05. The molecular weight excluding hydrogens is 279 g/mol. The van der Waals surface area contributed by atoms with Gasteiger partial charge in [0, 0.05) is 12.1 Å². The summed E-state index contributed by atoms with van der Waals surface area (Å²) in [4.78, 5) is 11.9. The molecule has 0 spiro atoms. The van der Waals surface area contributed by atoms with E-state index in [4.69, 9.17) is 9.84 Å². The molecule has 0 aliphatic heterocycles. The average Bonchev–Trinajstić information content (AvgIpc) is 2.36. The molecule has 2 rings (SSSR count). The van der Waals surface area contributed by atoms with E-state index in [9.17, 15) is 19.4 Å². The Hall–Kier alpha value is -2.76. The average molecular weight is 292 g/mol. The van der Waals surface area contributed by atoms with Crippen LogP contribution in [0.15, 0.2) is 30.3 Å². The Labute approximate surface area is 119 Å². The summed E-state index contributed by atoms with van der Waals surface area (Å²) >= 11 is 0. The van der Waals surface area contributed by atoms with Crippen LogP contribution in [-0.4, -0.2) is 27.7 Å². The topological polar surface area (TPSA) is 87.0 Å². The van der Waals surface area contributed by atoms with Crippen LogP contribution in [0.25, 0.3) is 0 Å². The smallest absolute Gasteiger partial charge is 0.207 e. The number of hydrogen-bond acceptors (Lipinski definition) is 5. The Morgan fingerprint density at radius 2 is 1.76 bits per heavy atom. The highest BCUT2D eigenvalue weighted by molar-refractivity contribution is 6.02. The highest BCUT2D eigenvalue weighted by Crippen LogP contribution is 2.32. The van der Waals surface area contributed by atoms with Crippen molar-refractivity contribution in [3.63, 3.8) is 0 Å². The molecule has 0 aromatic heterocycles. The number of carbonyl (C=O) groups is 1. The zero-order chi connectivity index (χ0) is 15.6. The largest absolute Gasteiger partial charge is 0.508 e. The van der Waals surface area contributed by atoms with Crippen LogP contribution in [0, 0.1) is 12.7 Å². The molecule has 0 saturated carbocycles. The van der Waals surface area contributed by atoms with Crippen molar-refractivity contribution in [1.29, 1.82) is 0 Å². The number of phenolic OH excluding ortho intramolecular Hbond substituents is 3. The van der Waals surface area contributed by atoms with Crippen molar-refractivity contribution in [3.8, 4) is 23.0 Å². The first-order chi connectivity index (χ1) is 9.88. The third kappa shape index (κ3) is 3.22. The minimum Gasteiger partial charge on any atom is -0.508 e. The molecule has 0 saturated heterocycles. The quantitative estimate of drug-likeness (QED) is 0.754. The van der Waals surface area contributed by atoms with Gasteiger partial charge in [0.2, 0.25) is 5.78 Å². The van der Waals surface area contributed by atoms with Gasteiger partial charge >= 0.3 is 0 Å².